The summed E-state index contributed by atoms with van der Waals surface area (Å²) < 4.78 is 4.56. The van der Waals surface area contributed by atoms with E-state index in [1.807, 2.05) is 26.0 Å². The smallest absolute Gasteiger partial charge is 0.333 e. The summed E-state index contributed by atoms with van der Waals surface area (Å²) >= 11 is 0. The van der Waals surface area contributed by atoms with Crippen LogP contribution in [0.25, 0.3) is 0 Å². The van der Waals surface area contributed by atoms with Crippen molar-refractivity contribution in [2.24, 2.45) is 0 Å². The zero-order chi connectivity index (χ0) is 10.1. The predicted octanol–water partition coefficient (Wildman–Crippen LogP) is 1.88. The molecule has 0 aliphatic carbocycles. The summed E-state index contributed by atoms with van der Waals surface area (Å²) in [5.41, 5.74) is 0.451. The first-order valence-electron chi connectivity index (χ1n) is 3.85. The molecule has 80 valence electrons. The number of nitrogens with zero attached hydrogens (tertiary/aromatic N) is 1. The maximum atomic E-state index is 10.4. The molecule has 0 aliphatic heterocycles. The Kier molecular flexibility index (Phi) is 16.5. The number of carbonyl (C=O) groups excluding carboxylic acids is 1. The molecule has 0 rings (SSSR count). The van der Waals surface area contributed by atoms with Gasteiger partial charge in [-0.1, -0.05) is 6.58 Å². The van der Waals surface area contributed by atoms with Crippen LogP contribution in [-0.2, 0) is 9.53 Å². The monoisotopic (exact) mass is 253 g/mol. The Morgan fingerprint density at radius 2 is 1.69 bits per heavy atom. The topological polar surface area (TPSA) is 29.5 Å². The molecule has 0 radical (unpaired) electrons. The number of carbonyl (C=O) groups is 1. The first-order chi connectivity index (χ1) is 5.41. The van der Waals surface area contributed by atoms with Crippen molar-refractivity contribution in [1.29, 1.82) is 0 Å². The summed E-state index contributed by atoms with van der Waals surface area (Å²) in [4.78, 5) is 12.4. The number of halogens is 1. The van der Waals surface area contributed by atoms with Crippen molar-refractivity contribution >= 4 is 23.0 Å². The van der Waals surface area contributed by atoms with Gasteiger partial charge < -0.3 is 9.64 Å². The van der Waals surface area contributed by atoms with Gasteiger partial charge in [-0.25, -0.2) is 4.79 Å². The van der Waals surface area contributed by atoms with Crippen molar-refractivity contribution in [1.82, 2.24) is 4.90 Å². The highest BCUT2D eigenvalue weighted by atomic mass is 79.9. The minimum Gasteiger partial charge on any atom is -0.463 e. The molecule has 0 saturated heterocycles. The fourth-order valence-corrected chi connectivity index (χ4v) is 0.254. The Morgan fingerprint density at radius 1 is 1.38 bits per heavy atom. The predicted molar refractivity (Wildman–Crippen MR) is 61.4 cm³/mol. The molecule has 0 saturated carbocycles. The summed E-state index contributed by atoms with van der Waals surface area (Å²) in [5.74, 6) is -0.312. The summed E-state index contributed by atoms with van der Waals surface area (Å²) in [6.45, 7) is 7.21. The first kappa shape index (κ1) is 18.4. The van der Waals surface area contributed by atoms with Crippen LogP contribution in [0.1, 0.15) is 13.8 Å². The third kappa shape index (κ3) is 24.5. The summed E-state index contributed by atoms with van der Waals surface area (Å²) in [6.07, 6.45) is 0. The van der Waals surface area contributed by atoms with Crippen LogP contribution in [0.15, 0.2) is 12.2 Å². The Labute approximate surface area is 91.5 Å². The molecule has 0 unspecified atom stereocenters. The summed E-state index contributed by atoms with van der Waals surface area (Å²) in [7, 11) is 6.00. The fraction of sp³-hybridized carbons (Fsp3) is 0.667. The highest BCUT2D eigenvalue weighted by Gasteiger charge is 1.98. The van der Waals surface area contributed by atoms with Gasteiger partial charge in [0.1, 0.15) is 0 Å². The molecular formula is C9H20BrNO2. The van der Waals surface area contributed by atoms with Crippen molar-refractivity contribution in [2.75, 3.05) is 27.7 Å². The lowest BCUT2D eigenvalue weighted by Gasteiger charge is -1.96. The van der Waals surface area contributed by atoms with Crippen molar-refractivity contribution < 1.29 is 9.53 Å². The normalized spacial score (nSPS) is 7.85. The van der Waals surface area contributed by atoms with E-state index in [1.54, 1.807) is 13.8 Å². The Bertz CT molecular complexity index is 144. The van der Waals surface area contributed by atoms with Crippen LogP contribution in [0.2, 0.25) is 0 Å². The first-order valence-corrected chi connectivity index (χ1v) is 3.85. The van der Waals surface area contributed by atoms with Crippen LogP contribution in [0.5, 0.6) is 0 Å². The van der Waals surface area contributed by atoms with Gasteiger partial charge in [0.15, 0.2) is 0 Å². The maximum Gasteiger partial charge on any atom is 0.333 e. The molecule has 0 aromatic rings. The molecule has 3 nitrogen and oxygen atoms in total. The van der Waals surface area contributed by atoms with Gasteiger partial charge in [0.25, 0.3) is 0 Å². The van der Waals surface area contributed by atoms with Gasteiger partial charge in [0.05, 0.1) is 6.61 Å². The molecule has 0 aromatic carbocycles. The number of ether oxygens (including phenoxy) is 1. The molecule has 0 aliphatic rings. The van der Waals surface area contributed by atoms with Crippen molar-refractivity contribution in [3.8, 4) is 0 Å². The van der Waals surface area contributed by atoms with E-state index in [0.29, 0.717) is 12.2 Å². The molecule has 0 bridgehead atoms. The minimum atomic E-state index is -0.312. The Balaban J connectivity index is -0.000000173. The van der Waals surface area contributed by atoms with Crippen molar-refractivity contribution in [3.05, 3.63) is 12.2 Å². The van der Waals surface area contributed by atoms with Crippen molar-refractivity contribution in [3.63, 3.8) is 0 Å². The zero-order valence-electron chi connectivity index (χ0n) is 9.09. The van der Waals surface area contributed by atoms with Gasteiger partial charge in [0, 0.05) is 5.57 Å². The highest BCUT2D eigenvalue weighted by Crippen LogP contribution is 1.89. The van der Waals surface area contributed by atoms with Crippen molar-refractivity contribution in [2.45, 2.75) is 13.8 Å². The second-order valence-corrected chi connectivity index (χ2v) is 2.84. The van der Waals surface area contributed by atoms with E-state index in [0.717, 1.165) is 0 Å². The van der Waals surface area contributed by atoms with E-state index in [-0.39, 0.29) is 23.0 Å². The minimum absolute atomic E-state index is 0. The molecule has 0 atom stereocenters. The molecular weight excluding hydrogens is 234 g/mol. The summed E-state index contributed by atoms with van der Waals surface area (Å²) in [5, 5.41) is 0. The molecule has 0 amide bonds. The quantitative estimate of drug-likeness (QED) is 0.556. The number of hydrogen-bond donors (Lipinski definition) is 0. The largest absolute Gasteiger partial charge is 0.463 e. The lowest BCUT2D eigenvalue weighted by atomic mass is 10.4. The number of hydrogen-bond acceptors (Lipinski definition) is 3. The van der Waals surface area contributed by atoms with Gasteiger partial charge >= 0.3 is 5.97 Å². The van der Waals surface area contributed by atoms with E-state index in [2.05, 4.69) is 11.3 Å². The van der Waals surface area contributed by atoms with Crippen LogP contribution >= 0.6 is 17.0 Å². The molecule has 0 spiro atoms. The average molecular weight is 254 g/mol. The van der Waals surface area contributed by atoms with Gasteiger partial charge in [0.2, 0.25) is 0 Å². The van der Waals surface area contributed by atoms with E-state index >= 15 is 0 Å². The second kappa shape index (κ2) is 11.6. The Hall–Kier alpha value is -0.350. The average Bonchev–Trinajstić information content (AvgIpc) is 1.86. The van der Waals surface area contributed by atoms with Crippen LogP contribution in [0, 0.1) is 0 Å². The van der Waals surface area contributed by atoms with E-state index < -0.39 is 0 Å². The Morgan fingerprint density at radius 3 is 1.77 bits per heavy atom. The third-order valence-electron chi connectivity index (χ3n) is 0.624. The zero-order valence-corrected chi connectivity index (χ0v) is 10.8. The molecule has 0 N–H and O–H groups in total. The van der Waals surface area contributed by atoms with E-state index in [4.69, 9.17) is 0 Å². The van der Waals surface area contributed by atoms with Gasteiger partial charge in [-0.05, 0) is 35.0 Å². The third-order valence-corrected chi connectivity index (χ3v) is 0.624. The highest BCUT2D eigenvalue weighted by molar-refractivity contribution is 8.93. The SMILES string of the molecule is Br.C=C(C)C(=O)OCC.CN(C)C. The van der Waals surface area contributed by atoms with Gasteiger partial charge in [-0.3, -0.25) is 0 Å². The van der Waals surface area contributed by atoms with Crippen LogP contribution in [0.4, 0.5) is 0 Å². The molecule has 0 heterocycles. The van der Waals surface area contributed by atoms with Gasteiger partial charge in [-0.2, -0.15) is 0 Å². The fourth-order valence-electron chi connectivity index (χ4n) is 0.254. The number of rotatable bonds is 2. The van der Waals surface area contributed by atoms with E-state index in [1.165, 1.54) is 0 Å². The molecule has 4 heteroatoms. The number of esters is 1. The standard InChI is InChI=1S/C6H10O2.C3H9N.BrH/c1-4-8-6(7)5(2)3;1-4(2)3;/h2,4H2,1,3H3;1-3H3;1H. The summed E-state index contributed by atoms with van der Waals surface area (Å²) in [6, 6.07) is 0. The second-order valence-electron chi connectivity index (χ2n) is 2.84. The molecule has 0 aromatic heterocycles. The van der Waals surface area contributed by atoms with Crippen LogP contribution in [0.3, 0.4) is 0 Å². The molecule has 0 fully saturated rings. The lowest BCUT2D eigenvalue weighted by Crippen LogP contribution is -2.03. The van der Waals surface area contributed by atoms with Crippen LogP contribution in [-0.4, -0.2) is 38.6 Å². The van der Waals surface area contributed by atoms with E-state index in [9.17, 15) is 4.79 Å². The van der Waals surface area contributed by atoms with Crippen LogP contribution < -0.4 is 0 Å². The maximum absolute atomic E-state index is 10.4. The van der Waals surface area contributed by atoms with Gasteiger partial charge in [-0.15, -0.1) is 17.0 Å². The molecule has 13 heavy (non-hydrogen) atoms. The lowest BCUT2D eigenvalue weighted by molar-refractivity contribution is -0.138.